The van der Waals surface area contributed by atoms with E-state index in [1.54, 1.807) is 0 Å². The summed E-state index contributed by atoms with van der Waals surface area (Å²) in [4.78, 5) is 5.28. The van der Waals surface area contributed by atoms with E-state index >= 15 is 0 Å². The van der Waals surface area contributed by atoms with Gasteiger partial charge in [0.05, 0.1) is 27.8 Å². The van der Waals surface area contributed by atoms with E-state index in [1.165, 1.54) is 0 Å². The standard InChI is InChI=1S/C47H28N2O2/c1-2-12-29(13-3-1)39-27-31(33-19-11-20-36-34-16-5-8-22-43(34)50-46(33)36)28-40(48-39)30-14-10-15-32(26-30)49-41-21-7-4-18-38(41)45-42(49)25-24-37-35-17-6-9-23-44(35)51-47(37)45/h1-28H. The van der Waals surface area contributed by atoms with Crippen LogP contribution in [0.4, 0.5) is 0 Å². The van der Waals surface area contributed by atoms with E-state index in [9.17, 15) is 0 Å². The summed E-state index contributed by atoms with van der Waals surface area (Å²) in [5.41, 5.74) is 12.8. The molecule has 0 spiro atoms. The van der Waals surface area contributed by atoms with Crippen LogP contribution in [0.3, 0.4) is 0 Å². The molecule has 0 fully saturated rings. The molecule has 51 heavy (non-hydrogen) atoms. The van der Waals surface area contributed by atoms with Crippen LogP contribution in [0.5, 0.6) is 0 Å². The molecule has 11 aromatic rings. The number of rotatable bonds is 4. The quantitative estimate of drug-likeness (QED) is 0.190. The molecular formula is C47H28N2O2. The Morgan fingerprint density at radius 3 is 1.80 bits per heavy atom. The first-order valence-electron chi connectivity index (χ1n) is 17.2. The number of aromatic nitrogens is 2. The van der Waals surface area contributed by atoms with E-state index < -0.39 is 0 Å². The van der Waals surface area contributed by atoms with Gasteiger partial charge < -0.3 is 13.4 Å². The SMILES string of the molecule is c1ccc(-c2cc(-c3cccc4c3oc3ccccc34)cc(-c3cccc(-n4c5ccccc5c5c6oc7ccccc7c6ccc54)c3)n2)cc1. The topological polar surface area (TPSA) is 44.1 Å². The number of pyridine rings is 1. The van der Waals surface area contributed by atoms with Gasteiger partial charge in [0.2, 0.25) is 0 Å². The van der Waals surface area contributed by atoms with Crippen molar-refractivity contribution in [3.63, 3.8) is 0 Å². The first kappa shape index (κ1) is 28.0. The second-order valence-corrected chi connectivity index (χ2v) is 13.1. The Bertz CT molecular complexity index is 3140. The summed E-state index contributed by atoms with van der Waals surface area (Å²) < 4.78 is 15.4. The van der Waals surface area contributed by atoms with Gasteiger partial charge in [-0.3, -0.25) is 0 Å². The van der Waals surface area contributed by atoms with Crippen molar-refractivity contribution in [2.75, 3.05) is 0 Å². The van der Waals surface area contributed by atoms with Crippen LogP contribution in [0.15, 0.2) is 179 Å². The lowest BCUT2D eigenvalue weighted by atomic mass is 9.98. The third-order valence-corrected chi connectivity index (χ3v) is 10.2. The molecule has 7 aromatic carbocycles. The molecule has 4 heteroatoms. The number of fused-ring (bicyclic) bond motifs is 10. The fourth-order valence-electron chi connectivity index (χ4n) is 7.88. The van der Waals surface area contributed by atoms with Crippen molar-refractivity contribution in [1.29, 1.82) is 0 Å². The molecule has 0 saturated carbocycles. The van der Waals surface area contributed by atoms with E-state index in [-0.39, 0.29) is 0 Å². The highest BCUT2D eigenvalue weighted by molar-refractivity contribution is 6.23. The lowest BCUT2D eigenvalue weighted by molar-refractivity contribution is 0.670. The lowest BCUT2D eigenvalue weighted by Crippen LogP contribution is -1.96. The molecule has 4 nitrogen and oxygen atoms in total. The largest absolute Gasteiger partial charge is 0.455 e. The summed E-state index contributed by atoms with van der Waals surface area (Å²) in [7, 11) is 0. The van der Waals surface area contributed by atoms with E-state index in [0.717, 1.165) is 105 Å². The molecule has 0 radical (unpaired) electrons. The Balaban J connectivity index is 1.14. The van der Waals surface area contributed by atoms with E-state index in [0.29, 0.717) is 0 Å². The van der Waals surface area contributed by atoms with Crippen LogP contribution >= 0.6 is 0 Å². The van der Waals surface area contributed by atoms with Crippen molar-refractivity contribution >= 4 is 65.7 Å². The molecule has 11 rings (SSSR count). The zero-order valence-corrected chi connectivity index (χ0v) is 27.4. The van der Waals surface area contributed by atoms with Crippen molar-refractivity contribution in [1.82, 2.24) is 9.55 Å². The average Bonchev–Trinajstić information content (AvgIpc) is 3.88. The summed E-state index contributed by atoms with van der Waals surface area (Å²) in [5.74, 6) is 0. The van der Waals surface area contributed by atoms with Gasteiger partial charge in [0, 0.05) is 49.3 Å². The van der Waals surface area contributed by atoms with E-state index in [1.807, 2.05) is 30.3 Å². The summed E-state index contributed by atoms with van der Waals surface area (Å²) >= 11 is 0. The fraction of sp³-hybridized carbons (Fsp3) is 0. The van der Waals surface area contributed by atoms with Gasteiger partial charge in [0.15, 0.2) is 0 Å². The highest BCUT2D eigenvalue weighted by atomic mass is 16.3. The van der Waals surface area contributed by atoms with Gasteiger partial charge in [-0.2, -0.15) is 0 Å². The highest BCUT2D eigenvalue weighted by Crippen LogP contribution is 2.42. The Labute approximate surface area is 292 Å². The maximum Gasteiger partial charge on any atom is 0.145 e. The van der Waals surface area contributed by atoms with Gasteiger partial charge in [-0.25, -0.2) is 4.98 Å². The predicted molar refractivity (Wildman–Crippen MR) is 209 cm³/mol. The van der Waals surface area contributed by atoms with Crippen molar-refractivity contribution in [2.45, 2.75) is 0 Å². The van der Waals surface area contributed by atoms with Gasteiger partial charge >= 0.3 is 0 Å². The normalized spacial score (nSPS) is 11.9. The molecule has 0 aliphatic carbocycles. The molecule has 0 aliphatic rings. The predicted octanol–water partition coefficient (Wildman–Crippen LogP) is 13.0. The third kappa shape index (κ3) is 4.23. The molecule has 0 atom stereocenters. The zero-order valence-electron chi connectivity index (χ0n) is 27.4. The summed E-state index contributed by atoms with van der Waals surface area (Å²) in [6.45, 7) is 0. The van der Waals surface area contributed by atoms with Crippen LogP contribution in [0.2, 0.25) is 0 Å². The minimum Gasteiger partial charge on any atom is -0.455 e. The van der Waals surface area contributed by atoms with Crippen LogP contribution in [0.25, 0.3) is 105 Å². The number of nitrogens with zero attached hydrogens (tertiary/aromatic N) is 2. The Hall–Kier alpha value is -6.91. The van der Waals surface area contributed by atoms with Crippen LogP contribution in [0, 0.1) is 0 Å². The van der Waals surface area contributed by atoms with Crippen LogP contribution in [-0.2, 0) is 0 Å². The number of benzene rings is 7. The van der Waals surface area contributed by atoms with Crippen molar-refractivity contribution in [2.24, 2.45) is 0 Å². The highest BCUT2D eigenvalue weighted by Gasteiger charge is 2.20. The molecular weight excluding hydrogens is 625 g/mol. The minimum absolute atomic E-state index is 0.880. The first-order valence-corrected chi connectivity index (χ1v) is 17.2. The van der Waals surface area contributed by atoms with E-state index in [2.05, 4.69) is 144 Å². The Morgan fingerprint density at radius 2 is 1.00 bits per heavy atom. The lowest BCUT2D eigenvalue weighted by Gasteiger charge is -2.13. The third-order valence-electron chi connectivity index (χ3n) is 10.2. The Kier molecular flexibility index (Phi) is 5.92. The molecule has 0 amide bonds. The van der Waals surface area contributed by atoms with Gasteiger partial charge in [-0.05, 0) is 60.2 Å². The minimum atomic E-state index is 0.880. The monoisotopic (exact) mass is 652 g/mol. The summed E-state index contributed by atoms with van der Waals surface area (Å²) in [5, 5.41) is 6.76. The first-order chi connectivity index (χ1) is 25.3. The molecule has 4 aromatic heterocycles. The number of hydrogen-bond acceptors (Lipinski definition) is 3. The van der Waals surface area contributed by atoms with Gasteiger partial charge in [0.1, 0.15) is 22.3 Å². The maximum absolute atomic E-state index is 6.55. The van der Waals surface area contributed by atoms with Crippen LogP contribution in [-0.4, -0.2) is 9.55 Å². The summed E-state index contributed by atoms with van der Waals surface area (Å²) in [6.07, 6.45) is 0. The van der Waals surface area contributed by atoms with Gasteiger partial charge in [-0.1, -0.05) is 115 Å². The van der Waals surface area contributed by atoms with Gasteiger partial charge in [0.25, 0.3) is 0 Å². The second-order valence-electron chi connectivity index (χ2n) is 13.1. The number of hydrogen-bond donors (Lipinski definition) is 0. The second kappa shape index (κ2) is 10.8. The molecule has 238 valence electrons. The molecule has 0 unspecified atom stereocenters. The fourth-order valence-corrected chi connectivity index (χ4v) is 7.88. The number of furan rings is 2. The summed E-state index contributed by atoms with van der Waals surface area (Å²) in [6, 6.07) is 59.4. The van der Waals surface area contributed by atoms with Crippen LogP contribution in [0.1, 0.15) is 0 Å². The van der Waals surface area contributed by atoms with Crippen molar-refractivity contribution in [3.8, 4) is 39.3 Å². The number of para-hydroxylation sites is 4. The van der Waals surface area contributed by atoms with E-state index in [4.69, 9.17) is 13.8 Å². The van der Waals surface area contributed by atoms with Crippen molar-refractivity contribution < 1.29 is 8.83 Å². The molecule has 0 aliphatic heterocycles. The zero-order chi connectivity index (χ0) is 33.5. The van der Waals surface area contributed by atoms with Gasteiger partial charge in [-0.15, -0.1) is 0 Å². The smallest absolute Gasteiger partial charge is 0.145 e. The average molecular weight is 653 g/mol. The Morgan fingerprint density at radius 1 is 0.392 bits per heavy atom. The van der Waals surface area contributed by atoms with Crippen molar-refractivity contribution in [3.05, 3.63) is 170 Å². The maximum atomic E-state index is 6.55. The molecule has 0 N–H and O–H groups in total. The molecule has 0 bridgehead atoms. The molecule has 0 saturated heterocycles. The molecule has 4 heterocycles. The van der Waals surface area contributed by atoms with Crippen LogP contribution < -0.4 is 0 Å².